The third-order valence-corrected chi connectivity index (χ3v) is 7.08. The first kappa shape index (κ1) is 29.3. The number of fused-ring (bicyclic) bond motifs is 3. The van der Waals surface area contributed by atoms with Gasteiger partial charge in [0.1, 0.15) is 0 Å². The molecular formula is C27H29F6N5O2. The van der Waals surface area contributed by atoms with Gasteiger partial charge in [0.2, 0.25) is 5.96 Å². The van der Waals surface area contributed by atoms with Gasteiger partial charge >= 0.3 is 18.4 Å². The molecule has 0 unspecified atom stereocenters. The zero-order valence-electron chi connectivity index (χ0n) is 21.9. The molecule has 0 saturated heterocycles. The quantitative estimate of drug-likeness (QED) is 0.170. The van der Waals surface area contributed by atoms with Crippen LogP contribution in [0.25, 0.3) is 0 Å². The molecule has 0 aromatic heterocycles. The Morgan fingerprint density at radius 2 is 1.73 bits per heavy atom. The standard InChI is InChI=1S/C27H29F6N5O2/c1-15(2)40-25(39)37-10-4-7-22(21-9-8-17-5-3-6-20(17)23(21)37)38(24(34)36-35)14-16-11-18(26(28,29)30)13-19(12-16)27(31,32)33/h8-9,11-13,15,22,34-35H,3-7,10,14H2,1-2H3/t22-/m0/s1. The number of alkyl halides is 6. The number of guanidine groups is 1. The Labute approximate surface area is 227 Å². The number of carbonyl (C=O) groups is 1. The highest BCUT2D eigenvalue weighted by atomic mass is 19.4. The van der Waals surface area contributed by atoms with E-state index in [9.17, 15) is 31.1 Å². The number of carbonyl (C=O) groups excluding carboxylic acids is 1. The van der Waals surface area contributed by atoms with Crippen LogP contribution in [0, 0.1) is 10.9 Å². The molecule has 2 aromatic carbocycles. The minimum atomic E-state index is -5.03. The van der Waals surface area contributed by atoms with Crippen LogP contribution in [-0.4, -0.2) is 29.6 Å². The molecule has 0 bridgehead atoms. The van der Waals surface area contributed by atoms with Crippen molar-refractivity contribution in [2.75, 3.05) is 11.4 Å². The van der Waals surface area contributed by atoms with Gasteiger partial charge in [-0.2, -0.15) is 26.3 Å². The van der Waals surface area contributed by atoms with Gasteiger partial charge in [0.25, 0.3) is 0 Å². The van der Waals surface area contributed by atoms with Crippen LogP contribution in [0.1, 0.15) is 72.5 Å². The first-order valence-corrected chi connectivity index (χ1v) is 12.8. The second-order valence-electron chi connectivity index (χ2n) is 10.2. The average Bonchev–Trinajstić information content (AvgIpc) is 3.26. The summed E-state index contributed by atoms with van der Waals surface area (Å²) in [5.41, 5.74) is 7.34. The van der Waals surface area contributed by atoms with E-state index in [1.165, 1.54) is 9.80 Å². The largest absolute Gasteiger partial charge is 0.446 e. The molecule has 0 saturated carbocycles. The summed E-state index contributed by atoms with van der Waals surface area (Å²) in [6.07, 6.45) is -7.96. The van der Waals surface area contributed by atoms with Crippen molar-refractivity contribution < 1.29 is 35.9 Å². The Kier molecular flexibility index (Phi) is 8.13. The predicted molar refractivity (Wildman–Crippen MR) is 134 cm³/mol. The van der Waals surface area contributed by atoms with Gasteiger partial charge in [0.05, 0.1) is 29.0 Å². The number of benzene rings is 2. The van der Waals surface area contributed by atoms with E-state index < -0.39 is 48.1 Å². The lowest BCUT2D eigenvalue weighted by atomic mass is 9.94. The molecule has 1 atom stereocenters. The molecule has 1 aliphatic heterocycles. The summed E-state index contributed by atoms with van der Waals surface area (Å²) in [6.45, 7) is 3.17. The maximum Gasteiger partial charge on any atom is 0.416 e. The molecular weight excluding hydrogens is 540 g/mol. The number of aryl methyl sites for hydroxylation is 1. The molecule has 40 heavy (non-hydrogen) atoms. The highest BCUT2D eigenvalue weighted by Crippen LogP contribution is 2.44. The van der Waals surface area contributed by atoms with Gasteiger partial charge in [-0.1, -0.05) is 12.1 Å². The van der Waals surface area contributed by atoms with Crippen LogP contribution in [0.5, 0.6) is 0 Å². The van der Waals surface area contributed by atoms with Gasteiger partial charge in [-0.05, 0) is 86.4 Å². The van der Waals surface area contributed by atoms with Crippen molar-refractivity contribution in [1.29, 1.82) is 10.9 Å². The molecule has 216 valence electrons. The number of rotatable bonds is 4. The minimum Gasteiger partial charge on any atom is -0.446 e. The average molecular weight is 570 g/mol. The van der Waals surface area contributed by atoms with E-state index >= 15 is 0 Å². The fourth-order valence-electron chi connectivity index (χ4n) is 5.44. The molecule has 2 N–H and O–H groups in total. The topological polar surface area (TPSA) is 92.8 Å². The molecule has 7 nitrogen and oxygen atoms in total. The van der Waals surface area contributed by atoms with Crippen molar-refractivity contribution >= 4 is 17.7 Å². The Balaban J connectivity index is 1.83. The van der Waals surface area contributed by atoms with Crippen molar-refractivity contribution in [2.24, 2.45) is 5.11 Å². The van der Waals surface area contributed by atoms with Gasteiger partial charge in [0, 0.05) is 13.1 Å². The van der Waals surface area contributed by atoms with Gasteiger partial charge < -0.3 is 9.64 Å². The smallest absolute Gasteiger partial charge is 0.416 e. The molecule has 1 heterocycles. The van der Waals surface area contributed by atoms with E-state index in [2.05, 4.69) is 5.11 Å². The Morgan fingerprint density at radius 1 is 1.07 bits per heavy atom. The Morgan fingerprint density at radius 3 is 2.30 bits per heavy atom. The molecule has 4 rings (SSSR count). The van der Waals surface area contributed by atoms with Crippen molar-refractivity contribution in [3.05, 3.63) is 63.7 Å². The van der Waals surface area contributed by atoms with Crippen molar-refractivity contribution in [1.82, 2.24) is 4.90 Å². The molecule has 13 heteroatoms. The molecule has 2 aliphatic rings. The molecule has 0 fully saturated rings. The Hall–Kier alpha value is -3.64. The highest BCUT2D eigenvalue weighted by molar-refractivity contribution is 5.91. The summed E-state index contributed by atoms with van der Waals surface area (Å²) >= 11 is 0. The first-order valence-electron chi connectivity index (χ1n) is 12.8. The van der Waals surface area contributed by atoms with E-state index in [0.717, 1.165) is 24.0 Å². The second-order valence-corrected chi connectivity index (χ2v) is 10.2. The number of hydrogen-bond donors (Lipinski definition) is 2. The third kappa shape index (κ3) is 6.07. The molecule has 0 radical (unpaired) electrons. The number of halogens is 6. The second kappa shape index (κ2) is 11.1. The number of ether oxygens (including phenoxy) is 1. The maximum atomic E-state index is 13.5. The van der Waals surface area contributed by atoms with Crippen molar-refractivity contribution in [3.8, 4) is 0 Å². The van der Waals surface area contributed by atoms with Gasteiger partial charge in [-0.25, -0.2) is 10.3 Å². The summed E-state index contributed by atoms with van der Waals surface area (Å²) in [5.74, 6) is -0.624. The van der Waals surface area contributed by atoms with E-state index in [0.29, 0.717) is 42.6 Å². The van der Waals surface area contributed by atoms with Gasteiger partial charge in [-0.3, -0.25) is 10.3 Å². The number of amides is 1. The molecule has 0 spiro atoms. The van der Waals surface area contributed by atoms with Crippen LogP contribution in [0.15, 0.2) is 35.4 Å². The fourth-order valence-corrected chi connectivity index (χ4v) is 5.44. The van der Waals surface area contributed by atoms with E-state index in [1.807, 2.05) is 6.07 Å². The van der Waals surface area contributed by atoms with Crippen LogP contribution in [0.3, 0.4) is 0 Å². The number of nitrogens with zero attached hydrogens (tertiary/aromatic N) is 3. The fraction of sp³-hybridized carbons (Fsp3) is 0.481. The van der Waals surface area contributed by atoms with Crippen LogP contribution in [0.4, 0.5) is 36.8 Å². The lowest BCUT2D eigenvalue weighted by molar-refractivity contribution is -0.143. The van der Waals surface area contributed by atoms with Crippen LogP contribution in [-0.2, 0) is 36.5 Å². The summed E-state index contributed by atoms with van der Waals surface area (Å²) < 4.78 is 86.6. The summed E-state index contributed by atoms with van der Waals surface area (Å²) in [7, 11) is 0. The first-order chi connectivity index (χ1) is 18.7. The lowest BCUT2D eigenvalue weighted by Crippen LogP contribution is -2.35. The van der Waals surface area contributed by atoms with E-state index in [4.69, 9.17) is 15.7 Å². The lowest BCUT2D eigenvalue weighted by Gasteiger charge is -2.33. The Bertz CT molecular complexity index is 1280. The van der Waals surface area contributed by atoms with Gasteiger partial charge in [-0.15, -0.1) is 5.11 Å². The molecule has 2 aromatic rings. The number of hydrogen-bond acceptors (Lipinski definition) is 4. The number of anilines is 1. The van der Waals surface area contributed by atoms with E-state index in [1.54, 1.807) is 19.9 Å². The zero-order valence-corrected chi connectivity index (χ0v) is 21.9. The number of nitrogens with one attached hydrogen (secondary N) is 2. The highest BCUT2D eigenvalue weighted by Gasteiger charge is 2.39. The van der Waals surface area contributed by atoms with Crippen LogP contribution < -0.4 is 4.90 Å². The maximum absolute atomic E-state index is 13.5. The predicted octanol–water partition coefficient (Wildman–Crippen LogP) is 7.87. The summed E-state index contributed by atoms with van der Waals surface area (Å²) in [4.78, 5) is 15.9. The monoisotopic (exact) mass is 569 g/mol. The summed E-state index contributed by atoms with van der Waals surface area (Å²) in [6, 6.07) is 4.22. The SMILES string of the molecule is CC(C)OC(=O)N1CCC[C@H](N(Cc2cc(C(F)(F)F)cc(C(F)(F)F)c2)C(=N)N=N)c2ccc3c(c21)CCC3. The van der Waals surface area contributed by atoms with Gasteiger partial charge in [0.15, 0.2) is 0 Å². The van der Waals surface area contributed by atoms with Crippen molar-refractivity contribution in [3.63, 3.8) is 0 Å². The normalized spacial score (nSPS) is 17.2. The van der Waals surface area contributed by atoms with E-state index in [-0.39, 0.29) is 24.3 Å². The minimum absolute atomic E-state index is 0.0521. The zero-order chi connectivity index (χ0) is 29.4. The van der Waals surface area contributed by atoms with Crippen LogP contribution >= 0.6 is 0 Å². The molecule has 1 aliphatic carbocycles. The van der Waals surface area contributed by atoms with Crippen molar-refractivity contribution in [2.45, 2.75) is 77.0 Å². The van der Waals surface area contributed by atoms with Crippen LogP contribution in [0.2, 0.25) is 0 Å². The molecule has 1 amide bonds. The third-order valence-electron chi connectivity index (χ3n) is 7.08. The summed E-state index contributed by atoms with van der Waals surface area (Å²) in [5, 5.41) is 11.5.